The molecule has 16 heavy (non-hydrogen) atoms. The molecule has 0 saturated heterocycles. The fourth-order valence-electron chi connectivity index (χ4n) is 1.59. The molecule has 0 radical (unpaired) electrons. The summed E-state index contributed by atoms with van der Waals surface area (Å²) in [6, 6.07) is 17.1. The molecule has 2 aromatic carbocycles. The molecule has 0 nitrogen and oxygen atoms in total. The zero-order chi connectivity index (χ0) is 11.5. The standard InChI is InChI=1S/C15H13I/c1-11(2)12-3-5-13(6-4-12)14-7-9-15(16)10-8-14/h3-10H,1H2,2H3. The van der Waals surface area contributed by atoms with Crippen molar-refractivity contribution >= 4 is 28.2 Å². The van der Waals surface area contributed by atoms with Crippen LogP contribution in [0.5, 0.6) is 0 Å². The van der Waals surface area contributed by atoms with Crippen molar-refractivity contribution in [2.24, 2.45) is 0 Å². The van der Waals surface area contributed by atoms with Crippen LogP contribution in [0.1, 0.15) is 12.5 Å². The number of benzene rings is 2. The Morgan fingerprint density at radius 1 is 0.875 bits per heavy atom. The zero-order valence-electron chi connectivity index (χ0n) is 9.20. The fraction of sp³-hybridized carbons (Fsp3) is 0.0667. The first kappa shape index (κ1) is 11.4. The molecule has 0 amide bonds. The maximum Gasteiger partial charge on any atom is 0.0130 e. The highest BCUT2D eigenvalue weighted by Crippen LogP contribution is 2.22. The molecule has 0 saturated carbocycles. The van der Waals surface area contributed by atoms with Crippen LogP contribution in [0.15, 0.2) is 55.1 Å². The molecule has 0 bridgehead atoms. The summed E-state index contributed by atoms with van der Waals surface area (Å²) >= 11 is 2.32. The van der Waals surface area contributed by atoms with Gasteiger partial charge in [0.25, 0.3) is 0 Å². The Balaban J connectivity index is 2.34. The lowest BCUT2D eigenvalue weighted by Gasteiger charge is -2.04. The zero-order valence-corrected chi connectivity index (χ0v) is 11.4. The van der Waals surface area contributed by atoms with E-state index in [0.717, 1.165) is 5.57 Å². The van der Waals surface area contributed by atoms with Crippen LogP contribution >= 0.6 is 22.6 Å². The van der Waals surface area contributed by atoms with Crippen LogP contribution in [-0.4, -0.2) is 0 Å². The van der Waals surface area contributed by atoms with Gasteiger partial charge in [0.05, 0.1) is 0 Å². The van der Waals surface area contributed by atoms with E-state index in [1.54, 1.807) is 0 Å². The molecule has 0 atom stereocenters. The Bertz CT molecular complexity index is 492. The fourth-order valence-corrected chi connectivity index (χ4v) is 1.95. The predicted octanol–water partition coefficient (Wildman–Crippen LogP) is 4.99. The monoisotopic (exact) mass is 320 g/mol. The minimum atomic E-state index is 1.11. The Kier molecular flexibility index (Phi) is 3.44. The minimum Gasteiger partial charge on any atom is -0.0955 e. The second-order valence-corrected chi connectivity index (χ2v) is 5.11. The number of hydrogen-bond donors (Lipinski definition) is 0. The van der Waals surface area contributed by atoms with Gasteiger partial charge in [-0.3, -0.25) is 0 Å². The molecule has 0 fully saturated rings. The normalized spacial score (nSPS) is 10.1. The van der Waals surface area contributed by atoms with E-state index in [1.807, 2.05) is 6.92 Å². The third kappa shape index (κ3) is 2.53. The topological polar surface area (TPSA) is 0 Å². The highest BCUT2D eigenvalue weighted by atomic mass is 127. The van der Waals surface area contributed by atoms with Crippen LogP contribution in [0.4, 0.5) is 0 Å². The quantitative estimate of drug-likeness (QED) is 0.684. The van der Waals surface area contributed by atoms with Crippen LogP contribution in [0.3, 0.4) is 0 Å². The average Bonchev–Trinajstić information content (AvgIpc) is 2.30. The molecule has 80 valence electrons. The molecule has 0 aliphatic rings. The lowest BCUT2D eigenvalue weighted by atomic mass is 10.0. The van der Waals surface area contributed by atoms with Crippen LogP contribution in [-0.2, 0) is 0 Å². The van der Waals surface area contributed by atoms with Gasteiger partial charge in [0, 0.05) is 3.57 Å². The first-order chi connectivity index (χ1) is 7.66. The van der Waals surface area contributed by atoms with Gasteiger partial charge >= 0.3 is 0 Å². The van der Waals surface area contributed by atoms with Crippen molar-refractivity contribution in [3.63, 3.8) is 0 Å². The maximum absolute atomic E-state index is 3.94. The predicted molar refractivity (Wildman–Crippen MR) is 79.3 cm³/mol. The molecule has 0 N–H and O–H groups in total. The van der Waals surface area contributed by atoms with Crippen LogP contribution < -0.4 is 0 Å². The van der Waals surface area contributed by atoms with Crippen molar-refractivity contribution in [3.8, 4) is 11.1 Å². The highest BCUT2D eigenvalue weighted by Gasteiger charge is 1.98. The molecular formula is C15H13I. The van der Waals surface area contributed by atoms with Crippen LogP contribution in [0.25, 0.3) is 16.7 Å². The Morgan fingerprint density at radius 3 is 1.75 bits per heavy atom. The van der Waals surface area contributed by atoms with Gasteiger partial charge in [-0.15, -0.1) is 0 Å². The molecular weight excluding hydrogens is 307 g/mol. The summed E-state index contributed by atoms with van der Waals surface area (Å²) in [6.07, 6.45) is 0. The van der Waals surface area contributed by atoms with E-state index in [1.165, 1.54) is 20.3 Å². The van der Waals surface area contributed by atoms with Gasteiger partial charge < -0.3 is 0 Å². The Hall–Kier alpha value is -1.09. The van der Waals surface area contributed by atoms with Crippen molar-refractivity contribution in [2.75, 3.05) is 0 Å². The summed E-state index contributed by atoms with van der Waals surface area (Å²) in [6.45, 7) is 5.97. The summed E-state index contributed by atoms with van der Waals surface area (Å²) in [5.41, 5.74) is 4.82. The first-order valence-corrected chi connectivity index (χ1v) is 6.26. The van der Waals surface area contributed by atoms with Crippen LogP contribution in [0.2, 0.25) is 0 Å². The van der Waals surface area contributed by atoms with Gasteiger partial charge in [0.2, 0.25) is 0 Å². The van der Waals surface area contributed by atoms with Crippen molar-refractivity contribution in [1.82, 2.24) is 0 Å². The molecule has 0 aliphatic carbocycles. The largest absolute Gasteiger partial charge is 0.0955 e. The van der Waals surface area contributed by atoms with E-state index in [0.29, 0.717) is 0 Å². The lowest BCUT2D eigenvalue weighted by molar-refractivity contribution is 1.55. The van der Waals surface area contributed by atoms with Crippen molar-refractivity contribution < 1.29 is 0 Å². The molecule has 0 heterocycles. The summed E-state index contributed by atoms with van der Waals surface area (Å²) < 4.78 is 1.26. The van der Waals surface area contributed by atoms with Gasteiger partial charge in [-0.25, -0.2) is 0 Å². The lowest BCUT2D eigenvalue weighted by Crippen LogP contribution is -1.81. The number of allylic oxidation sites excluding steroid dienone is 1. The van der Waals surface area contributed by atoms with Gasteiger partial charge in [0.15, 0.2) is 0 Å². The number of halogens is 1. The summed E-state index contributed by atoms with van der Waals surface area (Å²) in [5.74, 6) is 0. The second kappa shape index (κ2) is 4.83. The first-order valence-electron chi connectivity index (χ1n) is 5.19. The van der Waals surface area contributed by atoms with E-state index >= 15 is 0 Å². The Morgan fingerprint density at radius 2 is 1.31 bits per heavy atom. The van der Waals surface area contributed by atoms with E-state index < -0.39 is 0 Å². The Labute approximate surface area is 110 Å². The van der Waals surface area contributed by atoms with Gasteiger partial charge in [-0.1, -0.05) is 48.6 Å². The molecule has 0 unspecified atom stereocenters. The maximum atomic E-state index is 3.94. The molecule has 0 aromatic heterocycles. The van der Waals surface area contributed by atoms with E-state index in [9.17, 15) is 0 Å². The average molecular weight is 320 g/mol. The third-order valence-electron chi connectivity index (χ3n) is 2.56. The molecule has 2 aromatic rings. The summed E-state index contributed by atoms with van der Waals surface area (Å²) in [7, 11) is 0. The van der Waals surface area contributed by atoms with Crippen LogP contribution in [0, 0.1) is 3.57 Å². The van der Waals surface area contributed by atoms with E-state index in [-0.39, 0.29) is 0 Å². The molecule has 0 aliphatic heterocycles. The van der Waals surface area contributed by atoms with Crippen molar-refractivity contribution in [2.45, 2.75) is 6.92 Å². The third-order valence-corrected chi connectivity index (χ3v) is 3.27. The van der Waals surface area contributed by atoms with Gasteiger partial charge in [-0.05, 0) is 58.3 Å². The van der Waals surface area contributed by atoms with Crippen molar-refractivity contribution in [3.05, 3.63) is 64.2 Å². The molecule has 2 rings (SSSR count). The van der Waals surface area contributed by atoms with Gasteiger partial charge in [0.1, 0.15) is 0 Å². The minimum absolute atomic E-state index is 1.11. The van der Waals surface area contributed by atoms with Gasteiger partial charge in [-0.2, -0.15) is 0 Å². The highest BCUT2D eigenvalue weighted by molar-refractivity contribution is 14.1. The molecule has 1 heteroatoms. The summed E-state index contributed by atoms with van der Waals surface area (Å²) in [4.78, 5) is 0. The van der Waals surface area contributed by atoms with E-state index in [2.05, 4.69) is 77.7 Å². The second-order valence-electron chi connectivity index (χ2n) is 3.86. The molecule has 0 spiro atoms. The SMILES string of the molecule is C=C(C)c1ccc(-c2ccc(I)cc2)cc1. The number of hydrogen-bond acceptors (Lipinski definition) is 0. The smallest absolute Gasteiger partial charge is 0.0130 e. The number of rotatable bonds is 2. The van der Waals surface area contributed by atoms with E-state index in [4.69, 9.17) is 0 Å². The summed E-state index contributed by atoms with van der Waals surface area (Å²) in [5, 5.41) is 0. The van der Waals surface area contributed by atoms with Crippen molar-refractivity contribution in [1.29, 1.82) is 0 Å².